The summed E-state index contributed by atoms with van der Waals surface area (Å²) in [6.45, 7) is 1.70. The second-order valence-corrected chi connectivity index (χ2v) is 3.32. The number of pyridine rings is 2. The molecule has 0 aliphatic rings. The molecular formula is C11H9N3O2. The molecule has 0 spiro atoms. The van der Waals surface area contributed by atoms with Crippen molar-refractivity contribution in [1.82, 2.24) is 9.97 Å². The first-order chi connectivity index (χ1) is 7.70. The maximum absolute atomic E-state index is 11.0. The zero-order valence-electron chi connectivity index (χ0n) is 8.62. The molecule has 2 aromatic rings. The van der Waals surface area contributed by atoms with Crippen LogP contribution in [-0.4, -0.2) is 14.9 Å². The van der Waals surface area contributed by atoms with E-state index in [-0.39, 0.29) is 5.69 Å². The summed E-state index contributed by atoms with van der Waals surface area (Å²) >= 11 is 0. The monoisotopic (exact) mass is 215 g/mol. The van der Waals surface area contributed by atoms with Gasteiger partial charge in [-0.2, -0.15) is 0 Å². The fraction of sp³-hybridized carbons (Fsp3) is 0.0909. The van der Waals surface area contributed by atoms with Gasteiger partial charge >= 0.3 is 0 Å². The first-order valence-corrected chi connectivity index (χ1v) is 4.70. The van der Waals surface area contributed by atoms with Crippen LogP contribution in [0.15, 0.2) is 36.8 Å². The molecule has 2 aromatic heterocycles. The van der Waals surface area contributed by atoms with E-state index in [1.165, 1.54) is 0 Å². The lowest BCUT2D eigenvalue weighted by molar-refractivity contribution is -0.384. The fourth-order valence-electron chi connectivity index (χ4n) is 1.50. The zero-order valence-corrected chi connectivity index (χ0v) is 8.62. The highest BCUT2D eigenvalue weighted by Crippen LogP contribution is 2.29. The number of nitro groups is 1. The van der Waals surface area contributed by atoms with E-state index in [1.54, 1.807) is 43.7 Å². The Morgan fingerprint density at radius 1 is 1.19 bits per heavy atom. The van der Waals surface area contributed by atoms with Gasteiger partial charge in [-0.3, -0.25) is 15.1 Å². The van der Waals surface area contributed by atoms with E-state index < -0.39 is 4.92 Å². The van der Waals surface area contributed by atoms with Crippen molar-refractivity contribution < 1.29 is 4.92 Å². The summed E-state index contributed by atoms with van der Waals surface area (Å²) in [6, 6.07) is 5.03. The standard InChI is InChI=1S/C11H9N3O2/c1-8-2-7-13-10(11(8)14(15)16)9-3-5-12-6-4-9/h2-7H,1H3. The largest absolute Gasteiger partial charge is 0.298 e. The Kier molecular flexibility index (Phi) is 2.59. The second kappa shape index (κ2) is 4.06. The zero-order chi connectivity index (χ0) is 11.5. The summed E-state index contributed by atoms with van der Waals surface area (Å²) < 4.78 is 0. The van der Waals surface area contributed by atoms with Crippen LogP contribution in [0, 0.1) is 17.0 Å². The molecule has 0 aliphatic carbocycles. The lowest BCUT2D eigenvalue weighted by Gasteiger charge is -2.03. The van der Waals surface area contributed by atoms with E-state index in [0.717, 1.165) is 0 Å². The molecule has 0 bridgehead atoms. The van der Waals surface area contributed by atoms with Crippen LogP contribution < -0.4 is 0 Å². The van der Waals surface area contributed by atoms with Gasteiger partial charge in [0, 0.05) is 29.7 Å². The molecule has 0 aliphatic heterocycles. The van der Waals surface area contributed by atoms with Crippen LogP contribution in [0.5, 0.6) is 0 Å². The fourth-order valence-corrected chi connectivity index (χ4v) is 1.50. The van der Waals surface area contributed by atoms with Crippen molar-refractivity contribution in [1.29, 1.82) is 0 Å². The normalized spacial score (nSPS) is 10.1. The van der Waals surface area contributed by atoms with Gasteiger partial charge in [0.15, 0.2) is 0 Å². The van der Waals surface area contributed by atoms with Crippen molar-refractivity contribution in [2.75, 3.05) is 0 Å². The summed E-state index contributed by atoms with van der Waals surface area (Å²) in [5, 5.41) is 11.0. The molecular weight excluding hydrogens is 206 g/mol. The molecule has 0 aromatic carbocycles. The molecule has 0 fully saturated rings. The van der Waals surface area contributed by atoms with Crippen molar-refractivity contribution in [3.05, 3.63) is 52.5 Å². The van der Waals surface area contributed by atoms with E-state index >= 15 is 0 Å². The third kappa shape index (κ3) is 1.75. The smallest absolute Gasteiger partial charge is 0.265 e. The third-order valence-corrected chi connectivity index (χ3v) is 2.26. The van der Waals surface area contributed by atoms with Gasteiger partial charge in [-0.05, 0) is 25.1 Å². The molecule has 2 rings (SSSR count). The van der Waals surface area contributed by atoms with Crippen molar-refractivity contribution in [2.24, 2.45) is 0 Å². The molecule has 0 unspecified atom stereocenters. The molecule has 0 atom stereocenters. The lowest BCUT2D eigenvalue weighted by atomic mass is 10.1. The molecule has 0 saturated heterocycles. The SMILES string of the molecule is Cc1ccnc(-c2ccncc2)c1[N+](=O)[O-]. The van der Waals surface area contributed by atoms with Gasteiger partial charge in [0.2, 0.25) is 0 Å². The van der Waals surface area contributed by atoms with Crippen LogP contribution in [0.25, 0.3) is 11.3 Å². The Balaban J connectivity index is 2.66. The number of aryl methyl sites for hydroxylation is 1. The van der Waals surface area contributed by atoms with Crippen molar-refractivity contribution >= 4 is 5.69 Å². The molecule has 16 heavy (non-hydrogen) atoms. The van der Waals surface area contributed by atoms with Gasteiger partial charge in [0.25, 0.3) is 5.69 Å². The summed E-state index contributed by atoms with van der Waals surface area (Å²) in [6.07, 6.45) is 4.74. The molecule has 0 N–H and O–H groups in total. The van der Waals surface area contributed by atoms with Crippen molar-refractivity contribution in [2.45, 2.75) is 6.92 Å². The Bertz CT molecular complexity index is 526. The van der Waals surface area contributed by atoms with Crippen LogP contribution >= 0.6 is 0 Å². The van der Waals surface area contributed by atoms with Crippen molar-refractivity contribution in [3.8, 4) is 11.3 Å². The highest BCUT2D eigenvalue weighted by atomic mass is 16.6. The summed E-state index contributed by atoms with van der Waals surface area (Å²) in [5.41, 5.74) is 1.73. The minimum atomic E-state index is -0.405. The van der Waals surface area contributed by atoms with Crippen LogP contribution in [0.4, 0.5) is 5.69 Å². The molecule has 0 saturated carbocycles. The Morgan fingerprint density at radius 2 is 1.88 bits per heavy atom. The maximum Gasteiger partial charge on any atom is 0.298 e. The second-order valence-electron chi connectivity index (χ2n) is 3.32. The molecule has 0 radical (unpaired) electrons. The number of nitrogens with zero attached hydrogens (tertiary/aromatic N) is 3. The highest BCUT2D eigenvalue weighted by Gasteiger charge is 2.19. The van der Waals surface area contributed by atoms with Gasteiger partial charge in [-0.25, -0.2) is 4.98 Å². The number of rotatable bonds is 2. The van der Waals surface area contributed by atoms with Crippen LogP contribution in [0.1, 0.15) is 5.56 Å². The van der Waals surface area contributed by atoms with E-state index in [1.807, 2.05) is 0 Å². The minimum absolute atomic E-state index is 0.0497. The molecule has 2 heterocycles. The van der Waals surface area contributed by atoms with Gasteiger partial charge in [0.05, 0.1) is 4.92 Å². The van der Waals surface area contributed by atoms with Gasteiger partial charge in [-0.15, -0.1) is 0 Å². The average Bonchev–Trinajstić information content (AvgIpc) is 2.29. The third-order valence-electron chi connectivity index (χ3n) is 2.26. The lowest BCUT2D eigenvalue weighted by Crippen LogP contribution is -1.97. The maximum atomic E-state index is 11.0. The van der Waals surface area contributed by atoms with Crippen molar-refractivity contribution in [3.63, 3.8) is 0 Å². The number of hydrogen-bond donors (Lipinski definition) is 0. The van der Waals surface area contributed by atoms with Crippen LogP contribution in [0.2, 0.25) is 0 Å². The van der Waals surface area contributed by atoms with Gasteiger partial charge in [0.1, 0.15) is 5.69 Å². The van der Waals surface area contributed by atoms with E-state index in [0.29, 0.717) is 16.8 Å². The predicted octanol–water partition coefficient (Wildman–Crippen LogP) is 2.36. The average molecular weight is 215 g/mol. The molecule has 5 heteroatoms. The Morgan fingerprint density at radius 3 is 2.50 bits per heavy atom. The van der Waals surface area contributed by atoms with Crippen LogP contribution in [-0.2, 0) is 0 Å². The molecule has 80 valence electrons. The minimum Gasteiger partial charge on any atom is -0.265 e. The topological polar surface area (TPSA) is 68.9 Å². The van der Waals surface area contributed by atoms with E-state index in [9.17, 15) is 10.1 Å². The quantitative estimate of drug-likeness (QED) is 0.569. The van der Waals surface area contributed by atoms with E-state index in [2.05, 4.69) is 9.97 Å². The Hall–Kier alpha value is -2.30. The number of aromatic nitrogens is 2. The molecule has 0 amide bonds. The summed E-state index contributed by atoms with van der Waals surface area (Å²) in [4.78, 5) is 18.5. The Labute approximate surface area is 91.9 Å². The van der Waals surface area contributed by atoms with Gasteiger partial charge in [-0.1, -0.05) is 0 Å². The van der Waals surface area contributed by atoms with E-state index in [4.69, 9.17) is 0 Å². The number of hydrogen-bond acceptors (Lipinski definition) is 4. The first-order valence-electron chi connectivity index (χ1n) is 4.70. The predicted molar refractivity (Wildman–Crippen MR) is 58.9 cm³/mol. The molecule has 5 nitrogen and oxygen atoms in total. The van der Waals surface area contributed by atoms with Gasteiger partial charge < -0.3 is 0 Å². The summed E-state index contributed by atoms with van der Waals surface area (Å²) in [5.74, 6) is 0. The first kappa shape index (κ1) is 10.2. The summed E-state index contributed by atoms with van der Waals surface area (Å²) in [7, 11) is 0. The van der Waals surface area contributed by atoms with Crippen LogP contribution in [0.3, 0.4) is 0 Å². The highest BCUT2D eigenvalue weighted by molar-refractivity contribution is 5.70.